The molecule has 5 heterocycles. The van der Waals surface area contributed by atoms with Gasteiger partial charge in [-0.2, -0.15) is 25.4 Å². The van der Waals surface area contributed by atoms with Gasteiger partial charge in [-0.15, -0.1) is 0 Å². The molecule has 3 saturated heterocycles. The number of amides is 4. The van der Waals surface area contributed by atoms with Crippen LogP contribution >= 0.6 is 35.2 Å². The fraction of sp³-hybridized carbons (Fsp3) is 0.633. The van der Waals surface area contributed by atoms with Crippen molar-refractivity contribution in [2.24, 2.45) is 0 Å². The third kappa shape index (κ3) is 13.3. The molecule has 0 bridgehead atoms. The molecule has 3 aliphatic rings. The first-order chi connectivity index (χ1) is 27.3. The van der Waals surface area contributed by atoms with E-state index in [1.807, 2.05) is 11.8 Å². The molecule has 5 rings (SSSR count). The van der Waals surface area contributed by atoms with E-state index < -0.39 is 54.1 Å². The Kier molecular flexibility index (Phi) is 15.6. The summed E-state index contributed by atoms with van der Waals surface area (Å²) in [5.74, 6) is 5.95. The number of aliphatic hydroxyl groups excluding tert-OH is 1. The zero-order valence-electron chi connectivity index (χ0n) is 30.7. The third-order valence-corrected chi connectivity index (χ3v) is 14.4. The van der Waals surface area contributed by atoms with Crippen LogP contribution in [-0.2, 0) is 41.2 Å². The Bertz CT molecular complexity index is 2110. The van der Waals surface area contributed by atoms with Crippen LogP contribution in [0.3, 0.4) is 0 Å². The standard InChI is InChI=1S/C30H45N8O16P3S/c31-29-36-27-25(28(42)37-29)17(14-38(27)24-13-19(39)20(52-24)15-51-56(47,48)54-57(49,50)53-55(44,45)46)7-6-12-33-22(40)9-2-1-5-11-32-23(41)10-4-3-8-21-26-18(16-58-21)34-30(43)35-26/h14,18-21,24,26,39H,1-5,8-13,15-16H2,(H,32,41)(H,33,40)(H,47,48)(H,49,50)(H2,34,35,43)(H2,44,45,46)(H3,31,36,37,42)/t18-,19-,20+,21-,24+,26-/m0/s1. The molecule has 3 fully saturated rings. The number of rotatable bonds is 20. The normalized spacial score (nSPS) is 24.9. The number of unbranched alkanes of at least 4 members (excludes halogenated alkanes) is 3. The second-order valence-electron chi connectivity index (χ2n) is 13.5. The van der Waals surface area contributed by atoms with E-state index in [2.05, 4.69) is 56.2 Å². The number of phosphoric acid groups is 3. The summed E-state index contributed by atoms with van der Waals surface area (Å²) in [6, 6.07) is 0.235. The Labute approximate surface area is 334 Å². The maximum Gasteiger partial charge on any atom is 0.490 e. The van der Waals surface area contributed by atoms with Gasteiger partial charge in [0.1, 0.15) is 12.3 Å². The van der Waals surface area contributed by atoms with E-state index in [0.29, 0.717) is 31.1 Å². The summed E-state index contributed by atoms with van der Waals surface area (Å²) in [7, 11) is -16.9. The van der Waals surface area contributed by atoms with Gasteiger partial charge in [0.05, 0.1) is 42.3 Å². The van der Waals surface area contributed by atoms with Crippen molar-refractivity contribution >= 4 is 70.1 Å². The second kappa shape index (κ2) is 19.8. The highest BCUT2D eigenvalue weighted by atomic mass is 32.2. The summed E-state index contributed by atoms with van der Waals surface area (Å²) in [4.78, 5) is 91.9. The molecule has 2 unspecified atom stereocenters. The molecule has 0 aliphatic carbocycles. The lowest BCUT2D eigenvalue weighted by molar-refractivity contribution is -0.122. The highest BCUT2D eigenvalue weighted by molar-refractivity contribution is 8.00. The van der Waals surface area contributed by atoms with E-state index in [-0.39, 0.29) is 71.9 Å². The van der Waals surface area contributed by atoms with Crippen molar-refractivity contribution in [2.45, 2.75) is 93.6 Å². The number of hydrogen-bond acceptors (Lipinski definition) is 15. The van der Waals surface area contributed by atoms with Crippen LogP contribution in [0.15, 0.2) is 11.0 Å². The summed E-state index contributed by atoms with van der Waals surface area (Å²) < 4.78 is 53.5. The van der Waals surface area contributed by atoms with Gasteiger partial charge in [-0.25, -0.2) is 18.5 Å². The van der Waals surface area contributed by atoms with Crippen LogP contribution in [0.2, 0.25) is 0 Å². The minimum atomic E-state index is -5.76. The highest BCUT2D eigenvalue weighted by Crippen LogP contribution is 2.66. The number of urea groups is 1. The largest absolute Gasteiger partial charge is 0.490 e. The molecule has 2 aromatic heterocycles. The van der Waals surface area contributed by atoms with Crippen molar-refractivity contribution in [2.75, 3.05) is 31.2 Å². The van der Waals surface area contributed by atoms with Gasteiger partial charge in [0, 0.05) is 43.0 Å². The Hall–Kier alpha value is -3.33. The van der Waals surface area contributed by atoms with Gasteiger partial charge in [-0.3, -0.25) is 23.9 Å². The molecule has 3 aliphatic heterocycles. The number of hydrogen-bond donors (Lipinski definition) is 11. The maximum absolute atomic E-state index is 12.9. The van der Waals surface area contributed by atoms with Crippen LogP contribution in [-0.4, -0.2) is 112 Å². The number of ether oxygens (including phenoxy) is 1. The Morgan fingerprint density at radius 3 is 2.48 bits per heavy atom. The fourth-order valence-electron chi connectivity index (χ4n) is 6.54. The Balaban J connectivity index is 1.02. The van der Waals surface area contributed by atoms with Crippen molar-refractivity contribution in [1.82, 2.24) is 35.8 Å². The first kappa shape index (κ1) is 45.7. The fourth-order valence-corrected chi connectivity index (χ4v) is 11.1. The lowest BCUT2D eigenvalue weighted by Crippen LogP contribution is -2.36. The molecular weight excluding hydrogens is 853 g/mol. The first-order valence-corrected chi connectivity index (χ1v) is 23.6. The number of H-pyrrole nitrogens is 1. The molecule has 2 aromatic rings. The summed E-state index contributed by atoms with van der Waals surface area (Å²) in [6.45, 7) is -0.467. The third-order valence-electron chi connectivity index (χ3n) is 9.11. The summed E-state index contributed by atoms with van der Waals surface area (Å²) >= 11 is 1.85. The Morgan fingerprint density at radius 2 is 1.74 bits per heavy atom. The van der Waals surface area contributed by atoms with Gasteiger partial charge < -0.3 is 61.0 Å². The molecule has 8 atom stereocenters. The number of fused-ring (bicyclic) bond motifs is 2. The molecule has 322 valence electrons. The average Bonchev–Trinajstić information content (AvgIpc) is 3.86. The van der Waals surface area contributed by atoms with E-state index in [9.17, 15) is 47.8 Å². The smallest absolute Gasteiger partial charge is 0.390 e. The van der Waals surface area contributed by atoms with E-state index in [0.717, 1.165) is 31.4 Å². The number of aliphatic hydroxyl groups is 1. The summed E-state index contributed by atoms with van der Waals surface area (Å²) in [5, 5.41) is 22.4. The van der Waals surface area contributed by atoms with Gasteiger partial charge >= 0.3 is 29.5 Å². The average molecular weight is 899 g/mol. The quantitative estimate of drug-likeness (QED) is 0.0365. The monoisotopic (exact) mass is 898 g/mol. The first-order valence-electron chi connectivity index (χ1n) is 18.0. The maximum atomic E-state index is 12.9. The molecule has 0 aromatic carbocycles. The molecule has 0 spiro atoms. The number of carbonyl (C=O) groups is 3. The van der Waals surface area contributed by atoms with Crippen molar-refractivity contribution in [3.63, 3.8) is 0 Å². The van der Waals surface area contributed by atoms with Gasteiger partial charge in [-0.1, -0.05) is 24.7 Å². The van der Waals surface area contributed by atoms with Crippen LogP contribution in [0.25, 0.3) is 11.0 Å². The highest BCUT2D eigenvalue weighted by Gasteiger charge is 2.44. The Morgan fingerprint density at radius 1 is 1.02 bits per heavy atom. The van der Waals surface area contributed by atoms with Crippen LogP contribution in [0.1, 0.15) is 69.6 Å². The molecular formula is C30H45N8O16P3S. The zero-order valence-corrected chi connectivity index (χ0v) is 34.2. The van der Waals surface area contributed by atoms with Crippen molar-refractivity contribution in [3.05, 3.63) is 22.1 Å². The molecule has 58 heavy (non-hydrogen) atoms. The number of nitrogens with zero attached hydrogens (tertiary/aromatic N) is 2. The molecule has 4 amide bonds. The topological polar surface area (TPSA) is 365 Å². The minimum absolute atomic E-state index is 0.00670. The molecule has 12 N–H and O–H groups in total. The number of nitrogens with one attached hydrogen (secondary N) is 5. The van der Waals surface area contributed by atoms with Gasteiger partial charge in [-0.05, 0) is 25.7 Å². The lowest BCUT2D eigenvalue weighted by atomic mass is 10.0. The van der Waals surface area contributed by atoms with E-state index >= 15 is 0 Å². The predicted octanol–water partition coefficient (Wildman–Crippen LogP) is 0.169. The SMILES string of the molecule is Nc1nc2c(c(C#CCNC(=O)CCCCCNC(=O)CCCC[C@@H]3SC[C@@H]4NC(=O)N[C@@H]43)cn2[C@H]2C[C@H](O)[C@@H](COP(=O)(O)OP(=O)(O)OP(=O)(O)O)O2)c(=O)[nH]1. The van der Waals surface area contributed by atoms with Gasteiger partial charge in [0.15, 0.2) is 5.65 Å². The summed E-state index contributed by atoms with van der Waals surface area (Å²) in [6.07, 6.45) is 2.72. The number of aromatic nitrogens is 3. The van der Waals surface area contributed by atoms with Crippen LogP contribution in [0.5, 0.6) is 0 Å². The van der Waals surface area contributed by atoms with Crippen LogP contribution < -0.4 is 32.6 Å². The zero-order chi connectivity index (χ0) is 42.3. The van der Waals surface area contributed by atoms with E-state index in [1.165, 1.54) is 10.8 Å². The number of nitrogens with two attached hydrogens (primary N) is 1. The number of aromatic amines is 1. The van der Waals surface area contributed by atoms with Crippen LogP contribution in [0.4, 0.5) is 10.7 Å². The number of phosphoric ester groups is 1. The molecule has 28 heteroatoms. The molecule has 0 radical (unpaired) electrons. The van der Waals surface area contributed by atoms with E-state index in [4.69, 9.17) is 20.3 Å². The van der Waals surface area contributed by atoms with Gasteiger partial charge in [0.2, 0.25) is 17.8 Å². The predicted molar refractivity (Wildman–Crippen MR) is 204 cm³/mol. The number of thioether (sulfide) groups is 1. The van der Waals surface area contributed by atoms with Gasteiger partial charge in [0.25, 0.3) is 5.56 Å². The molecule has 0 saturated carbocycles. The number of nitrogen functional groups attached to an aromatic ring is 1. The number of anilines is 1. The van der Waals surface area contributed by atoms with Crippen molar-refractivity contribution < 1.29 is 70.6 Å². The van der Waals surface area contributed by atoms with Crippen molar-refractivity contribution in [1.29, 1.82) is 0 Å². The minimum Gasteiger partial charge on any atom is -0.390 e. The van der Waals surface area contributed by atoms with Crippen molar-refractivity contribution in [3.8, 4) is 11.8 Å². The van der Waals surface area contributed by atoms with Crippen LogP contribution in [0, 0.1) is 11.8 Å². The summed E-state index contributed by atoms with van der Waals surface area (Å²) in [5.41, 5.74) is 5.27. The lowest BCUT2D eigenvalue weighted by Gasteiger charge is -2.19. The second-order valence-corrected chi connectivity index (χ2v) is 19.2. The number of carbonyl (C=O) groups excluding carboxylic acids is 3. The molecule has 24 nitrogen and oxygen atoms in total. The van der Waals surface area contributed by atoms with E-state index in [1.54, 1.807) is 0 Å².